The number of hydrogen-bond donors (Lipinski definition) is 1. The average Bonchev–Trinajstić information content (AvgIpc) is 3.38. The summed E-state index contributed by atoms with van der Waals surface area (Å²) in [5.74, 6) is -3.39. The number of halogens is 3. The minimum atomic E-state index is -2.85. The van der Waals surface area contributed by atoms with Gasteiger partial charge in [0.2, 0.25) is 0 Å². The number of alkyl halides is 2. The molecule has 33 heavy (non-hydrogen) atoms. The molecule has 0 unspecified atom stereocenters. The van der Waals surface area contributed by atoms with Crippen LogP contribution in [-0.4, -0.2) is 41.6 Å². The molecule has 1 atom stereocenters. The number of nitrogens with two attached hydrogens (primary N) is 1. The number of aliphatic imine (C=N–C) groups is 1. The number of aromatic nitrogens is 2. The third-order valence-corrected chi connectivity index (χ3v) is 6.22. The van der Waals surface area contributed by atoms with Crippen LogP contribution in [0.25, 0.3) is 11.1 Å². The van der Waals surface area contributed by atoms with Gasteiger partial charge in [-0.2, -0.15) is 9.37 Å². The van der Waals surface area contributed by atoms with E-state index >= 15 is 4.39 Å². The van der Waals surface area contributed by atoms with Crippen molar-refractivity contribution >= 4 is 11.8 Å². The van der Waals surface area contributed by atoms with Crippen LogP contribution in [0.4, 0.5) is 19.0 Å². The first kappa shape index (κ1) is 19.8. The van der Waals surface area contributed by atoms with Crippen molar-refractivity contribution in [2.75, 3.05) is 24.6 Å². The Balaban J connectivity index is 1.53. The first-order chi connectivity index (χ1) is 15.8. The molecule has 2 aromatic heterocycles. The Morgan fingerprint density at radius 3 is 2.67 bits per heavy atom. The molecule has 0 saturated carbocycles. The summed E-state index contributed by atoms with van der Waals surface area (Å²) in [5, 5.41) is 0. The SMILES string of the molecule is NC1=N[C@@]2(CO1)c1cc(-c3cccnc3)ccc1Oc1c2cc(N2CCC(F)(F)C2)nc1F. The normalized spacial score (nSPS) is 22.4. The van der Waals surface area contributed by atoms with Crippen LogP contribution in [0.15, 0.2) is 53.8 Å². The summed E-state index contributed by atoms with van der Waals surface area (Å²) in [4.78, 5) is 14.0. The number of rotatable bonds is 2. The zero-order valence-electron chi connectivity index (χ0n) is 17.3. The molecule has 1 fully saturated rings. The van der Waals surface area contributed by atoms with Crippen molar-refractivity contribution in [1.29, 1.82) is 0 Å². The molecule has 5 heterocycles. The van der Waals surface area contributed by atoms with Crippen LogP contribution in [0.5, 0.6) is 11.5 Å². The Bertz CT molecular complexity index is 1300. The van der Waals surface area contributed by atoms with Crippen LogP contribution >= 0.6 is 0 Å². The summed E-state index contributed by atoms with van der Waals surface area (Å²) in [6, 6.07) is 10.7. The summed E-state index contributed by atoms with van der Waals surface area (Å²) in [5.41, 5.74) is 7.37. The van der Waals surface area contributed by atoms with Gasteiger partial charge in [0.15, 0.2) is 11.3 Å². The van der Waals surface area contributed by atoms with Gasteiger partial charge in [-0.3, -0.25) is 4.98 Å². The molecule has 10 heteroatoms. The monoisotopic (exact) mass is 453 g/mol. The molecular formula is C23H18F3N5O2. The Morgan fingerprint density at radius 2 is 1.97 bits per heavy atom. The molecule has 3 aromatic rings. The van der Waals surface area contributed by atoms with Crippen LogP contribution in [0.1, 0.15) is 17.5 Å². The van der Waals surface area contributed by atoms with Gasteiger partial charge in [0.25, 0.3) is 17.9 Å². The summed E-state index contributed by atoms with van der Waals surface area (Å²) >= 11 is 0. The smallest absolute Gasteiger partial charge is 0.283 e. The molecule has 0 aliphatic carbocycles. The number of hydrogen-bond acceptors (Lipinski definition) is 7. The van der Waals surface area contributed by atoms with Gasteiger partial charge in [-0.15, -0.1) is 0 Å². The molecule has 3 aliphatic heterocycles. The van der Waals surface area contributed by atoms with Gasteiger partial charge < -0.3 is 20.1 Å². The molecule has 6 rings (SSSR count). The Labute approximate surface area is 186 Å². The van der Waals surface area contributed by atoms with Crippen molar-refractivity contribution in [2.24, 2.45) is 10.7 Å². The highest BCUT2D eigenvalue weighted by atomic mass is 19.3. The number of anilines is 1. The number of amidine groups is 1. The zero-order valence-corrected chi connectivity index (χ0v) is 17.3. The lowest BCUT2D eigenvalue weighted by Crippen LogP contribution is -2.33. The number of benzene rings is 1. The first-order valence-electron chi connectivity index (χ1n) is 10.4. The van der Waals surface area contributed by atoms with Gasteiger partial charge in [0.05, 0.1) is 6.54 Å². The molecule has 2 N–H and O–H groups in total. The van der Waals surface area contributed by atoms with Crippen molar-refractivity contribution in [3.8, 4) is 22.6 Å². The second-order valence-electron chi connectivity index (χ2n) is 8.33. The van der Waals surface area contributed by atoms with E-state index in [9.17, 15) is 8.78 Å². The second-order valence-corrected chi connectivity index (χ2v) is 8.33. The predicted octanol–water partition coefficient (Wildman–Crippen LogP) is 3.82. The molecule has 7 nitrogen and oxygen atoms in total. The van der Waals surface area contributed by atoms with Gasteiger partial charge in [0, 0.05) is 42.0 Å². The summed E-state index contributed by atoms with van der Waals surface area (Å²) in [6.07, 6.45) is 3.09. The largest absolute Gasteiger partial charge is 0.462 e. The molecular weight excluding hydrogens is 435 g/mol. The highest BCUT2D eigenvalue weighted by Gasteiger charge is 2.49. The van der Waals surface area contributed by atoms with Gasteiger partial charge >= 0.3 is 0 Å². The van der Waals surface area contributed by atoms with E-state index in [0.717, 1.165) is 11.1 Å². The highest BCUT2D eigenvalue weighted by Crippen LogP contribution is 2.53. The van der Waals surface area contributed by atoms with Crippen molar-refractivity contribution in [1.82, 2.24) is 9.97 Å². The van der Waals surface area contributed by atoms with Crippen molar-refractivity contribution in [3.05, 3.63) is 65.9 Å². The lowest BCUT2D eigenvalue weighted by Gasteiger charge is -2.34. The molecule has 0 radical (unpaired) electrons. The maximum Gasteiger partial charge on any atom is 0.283 e. The van der Waals surface area contributed by atoms with Gasteiger partial charge in [-0.25, -0.2) is 13.8 Å². The standard InChI is InChI=1S/C23H18F3N5O2/c24-20-19-16(9-18(29-20)31-7-5-22(25,26)11-31)23(12-32-21(27)30-23)15-8-13(3-4-17(15)33-19)14-2-1-6-28-10-14/h1-4,6,8-10H,5,7,11-12H2,(H2,27,30)/t23-/m0/s1. The van der Waals surface area contributed by atoms with Crippen molar-refractivity contribution < 1.29 is 22.6 Å². The fourth-order valence-corrected chi connectivity index (χ4v) is 4.60. The second kappa shape index (κ2) is 6.84. The minimum absolute atomic E-state index is 0.0116. The molecule has 1 aromatic carbocycles. The van der Waals surface area contributed by atoms with E-state index < -0.39 is 24.0 Å². The average molecular weight is 453 g/mol. The van der Waals surface area contributed by atoms with Crippen LogP contribution in [0.3, 0.4) is 0 Å². The molecule has 0 amide bonds. The lowest BCUT2D eigenvalue weighted by molar-refractivity contribution is 0.0256. The number of fused-ring (bicyclic) bond motifs is 4. The lowest BCUT2D eigenvalue weighted by atomic mass is 9.80. The third-order valence-electron chi connectivity index (χ3n) is 6.22. The summed E-state index contributed by atoms with van der Waals surface area (Å²) in [7, 11) is 0. The van der Waals surface area contributed by atoms with E-state index in [1.165, 1.54) is 4.90 Å². The molecule has 0 bridgehead atoms. The maximum absolute atomic E-state index is 15.2. The minimum Gasteiger partial charge on any atom is -0.462 e. The number of ether oxygens (including phenoxy) is 2. The van der Waals surface area contributed by atoms with Crippen LogP contribution < -0.4 is 15.4 Å². The first-order valence-corrected chi connectivity index (χ1v) is 10.4. The molecule has 168 valence electrons. The van der Waals surface area contributed by atoms with Gasteiger partial charge in [-0.05, 0) is 29.8 Å². The third kappa shape index (κ3) is 3.08. The topological polar surface area (TPSA) is 85.9 Å². The van der Waals surface area contributed by atoms with Crippen molar-refractivity contribution in [3.63, 3.8) is 0 Å². The maximum atomic E-state index is 15.2. The van der Waals surface area contributed by atoms with E-state index in [1.54, 1.807) is 24.5 Å². The van der Waals surface area contributed by atoms with E-state index in [4.69, 9.17) is 15.2 Å². The van der Waals surface area contributed by atoms with E-state index in [2.05, 4.69) is 15.0 Å². The van der Waals surface area contributed by atoms with Gasteiger partial charge in [-0.1, -0.05) is 12.1 Å². The predicted molar refractivity (Wildman–Crippen MR) is 114 cm³/mol. The Hall–Kier alpha value is -3.82. The number of nitrogens with zero attached hydrogens (tertiary/aromatic N) is 4. The fourth-order valence-electron chi connectivity index (χ4n) is 4.60. The zero-order chi connectivity index (χ0) is 22.8. The Kier molecular flexibility index (Phi) is 4.11. The number of pyridine rings is 2. The summed E-state index contributed by atoms with van der Waals surface area (Å²) in [6.45, 7) is -0.455. The molecule has 1 saturated heterocycles. The summed E-state index contributed by atoms with van der Waals surface area (Å²) < 4.78 is 54.2. The van der Waals surface area contributed by atoms with E-state index in [0.29, 0.717) is 16.9 Å². The Morgan fingerprint density at radius 1 is 1.09 bits per heavy atom. The van der Waals surface area contributed by atoms with E-state index in [1.807, 2.05) is 24.3 Å². The van der Waals surface area contributed by atoms with Crippen LogP contribution in [0, 0.1) is 5.95 Å². The van der Waals surface area contributed by atoms with E-state index in [-0.39, 0.29) is 37.2 Å². The molecule has 3 aliphatic rings. The van der Waals surface area contributed by atoms with Crippen molar-refractivity contribution in [2.45, 2.75) is 17.9 Å². The van der Waals surface area contributed by atoms with Crippen LogP contribution in [0.2, 0.25) is 0 Å². The van der Waals surface area contributed by atoms with Gasteiger partial charge in [0.1, 0.15) is 18.2 Å². The quantitative estimate of drug-likeness (QED) is 0.594. The molecule has 1 spiro atoms. The highest BCUT2D eigenvalue weighted by molar-refractivity contribution is 5.78. The fraction of sp³-hybridized carbons (Fsp3) is 0.261. The van der Waals surface area contributed by atoms with Crippen LogP contribution in [-0.2, 0) is 10.3 Å².